The molecule has 0 aromatic carbocycles. The van der Waals surface area contributed by atoms with E-state index < -0.39 is 0 Å². The third kappa shape index (κ3) is 2.54. The lowest BCUT2D eigenvalue weighted by Crippen LogP contribution is -2.59. The highest BCUT2D eigenvalue weighted by molar-refractivity contribution is 5.81. The van der Waals surface area contributed by atoms with E-state index in [1.165, 1.54) is 38.5 Å². The second-order valence-corrected chi connectivity index (χ2v) is 6.77. The molecule has 4 heteroatoms. The number of ether oxygens (including phenoxy) is 1. The lowest BCUT2D eigenvalue weighted by molar-refractivity contribution is -0.0574. The molecule has 0 radical (unpaired) electrons. The summed E-state index contributed by atoms with van der Waals surface area (Å²) >= 11 is 0. The van der Waals surface area contributed by atoms with Gasteiger partial charge in [0.1, 0.15) is 0 Å². The van der Waals surface area contributed by atoms with Crippen molar-refractivity contribution in [3.05, 3.63) is 0 Å². The predicted octanol–water partition coefficient (Wildman–Crippen LogP) is 2.67. The number of guanidine groups is 1. The van der Waals surface area contributed by atoms with Gasteiger partial charge < -0.3 is 15.4 Å². The maximum absolute atomic E-state index is 6.29. The molecule has 1 saturated heterocycles. The molecule has 2 aliphatic heterocycles. The molecule has 3 aliphatic rings. The average molecular weight is 279 g/mol. The molecule has 20 heavy (non-hydrogen) atoms. The second kappa shape index (κ2) is 5.92. The second-order valence-electron chi connectivity index (χ2n) is 6.77. The van der Waals surface area contributed by atoms with Crippen LogP contribution in [0.5, 0.6) is 0 Å². The van der Waals surface area contributed by atoms with Gasteiger partial charge in [-0.05, 0) is 32.1 Å². The predicted molar refractivity (Wildman–Crippen MR) is 81.8 cm³/mol. The molecule has 3 rings (SSSR count). The minimum absolute atomic E-state index is 0.165. The summed E-state index contributed by atoms with van der Waals surface area (Å²) in [5.41, 5.74) is 6.45. The quantitative estimate of drug-likeness (QED) is 0.791. The zero-order chi connectivity index (χ0) is 14.0. The van der Waals surface area contributed by atoms with Gasteiger partial charge in [0.25, 0.3) is 0 Å². The van der Waals surface area contributed by atoms with Crippen molar-refractivity contribution in [2.24, 2.45) is 10.7 Å². The molecule has 2 N–H and O–H groups in total. The van der Waals surface area contributed by atoms with Crippen LogP contribution in [0.2, 0.25) is 0 Å². The molecule has 2 heterocycles. The summed E-state index contributed by atoms with van der Waals surface area (Å²) < 4.78 is 5.89. The Kier molecular flexibility index (Phi) is 4.20. The highest BCUT2D eigenvalue weighted by atomic mass is 16.5. The standard InChI is InChI=1S/C16H29N3O/c1-2-14-11-16(9-10-20-14)12-18-15(17)19(16)13-7-5-3-4-6-8-13/h13-14H,2-12H2,1H3,(H2,17,18). The summed E-state index contributed by atoms with van der Waals surface area (Å²) in [4.78, 5) is 7.15. The molecule has 2 atom stereocenters. The minimum atomic E-state index is 0.165. The zero-order valence-corrected chi connectivity index (χ0v) is 12.8. The van der Waals surface area contributed by atoms with Gasteiger partial charge in [-0.1, -0.05) is 32.6 Å². The smallest absolute Gasteiger partial charge is 0.192 e. The molecule has 1 aliphatic carbocycles. The number of aliphatic imine (C=N–C) groups is 1. The third-order valence-corrected chi connectivity index (χ3v) is 5.47. The first kappa shape index (κ1) is 14.2. The van der Waals surface area contributed by atoms with Gasteiger partial charge in [-0.25, -0.2) is 0 Å². The van der Waals surface area contributed by atoms with Crippen molar-refractivity contribution in [2.75, 3.05) is 13.2 Å². The number of hydrogen-bond donors (Lipinski definition) is 1. The van der Waals surface area contributed by atoms with Crippen LogP contribution in [0, 0.1) is 0 Å². The Balaban J connectivity index is 1.79. The largest absolute Gasteiger partial charge is 0.378 e. The number of nitrogens with zero attached hydrogens (tertiary/aromatic N) is 2. The Labute approximate surface area is 122 Å². The SMILES string of the molecule is CCC1CC2(CCO1)CN=C(N)N2C1CCCCCC1. The van der Waals surface area contributed by atoms with Crippen molar-refractivity contribution in [1.29, 1.82) is 0 Å². The molecule has 0 aromatic heterocycles. The van der Waals surface area contributed by atoms with Crippen LogP contribution >= 0.6 is 0 Å². The van der Waals surface area contributed by atoms with E-state index in [2.05, 4.69) is 16.8 Å². The van der Waals surface area contributed by atoms with Crippen molar-refractivity contribution in [3.8, 4) is 0 Å². The summed E-state index contributed by atoms with van der Waals surface area (Å²) in [5.74, 6) is 0.800. The van der Waals surface area contributed by atoms with Crippen LogP contribution in [-0.2, 0) is 4.74 Å². The van der Waals surface area contributed by atoms with E-state index in [0.717, 1.165) is 38.4 Å². The zero-order valence-electron chi connectivity index (χ0n) is 12.8. The van der Waals surface area contributed by atoms with E-state index in [9.17, 15) is 0 Å². The van der Waals surface area contributed by atoms with Crippen molar-refractivity contribution in [1.82, 2.24) is 4.90 Å². The van der Waals surface area contributed by atoms with Crippen LogP contribution in [0.25, 0.3) is 0 Å². The average Bonchev–Trinajstić information content (AvgIpc) is 2.67. The molecule has 4 nitrogen and oxygen atoms in total. The van der Waals surface area contributed by atoms with Crippen molar-refractivity contribution in [2.45, 2.75) is 82.4 Å². The van der Waals surface area contributed by atoms with Crippen molar-refractivity contribution < 1.29 is 4.74 Å². The summed E-state index contributed by atoms with van der Waals surface area (Å²) in [6.07, 6.45) is 11.7. The fraction of sp³-hybridized carbons (Fsp3) is 0.938. The van der Waals surface area contributed by atoms with Crippen molar-refractivity contribution >= 4 is 5.96 Å². The summed E-state index contributed by atoms with van der Waals surface area (Å²) in [5, 5.41) is 0. The minimum Gasteiger partial charge on any atom is -0.378 e. The third-order valence-electron chi connectivity index (χ3n) is 5.47. The molecule has 1 spiro atoms. The van der Waals surface area contributed by atoms with Gasteiger partial charge in [-0.15, -0.1) is 0 Å². The summed E-state index contributed by atoms with van der Waals surface area (Å²) in [7, 11) is 0. The first-order valence-corrected chi connectivity index (χ1v) is 8.46. The number of hydrogen-bond acceptors (Lipinski definition) is 4. The monoisotopic (exact) mass is 279 g/mol. The number of rotatable bonds is 2. The normalized spacial score (nSPS) is 36.1. The van der Waals surface area contributed by atoms with Crippen LogP contribution in [0.4, 0.5) is 0 Å². The highest BCUT2D eigenvalue weighted by Crippen LogP contribution is 2.39. The van der Waals surface area contributed by atoms with Crippen molar-refractivity contribution in [3.63, 3.8) is 0 Å². The van der Waals surface area contributed by atoms with Gasteiger partial charge in [0.2, 0.25) is 0 Å². The topological polar surface area (TPSA) is 50.9 Å². The van der Waals surface area contributed by atoms with Crippen LogP contribution in [0.3, 0.4) is 0 Å². The molecule has 114 valence electrons. The van der Waals surface area contributed by atoms with E-state index in [-0.39, 0.29) is 5.54 Å². The first-order chi connectivity index (χ1) is 9.75. The van der Waals surface area contributed by atoms with Gasteiger partial charge in [-0.2, -0.15) is 0 Å². The Morgan fingerprint density at radius 3 is 2.75 bits per heavy atom. The van der Waals surface area contributed by atoms with Gasteiger partial charge in [-0.3, -0.25) is 4.99 Å². The molecular weight excluding hydrogens is 250 g/mol. The van der Waals surface area contributed by atoms with E-state index in [1.54, 1.807) is 0 Å². The molecule has 0 amide bonds. The highest BCUT2D eigenvalue weighted by Gasteiger charge is 2.48. The molecule has 0 bridgehead atoms. The van der Waals surface area contributed by atoms with E-state index in [1.807, 2.05) is 0 Å². The van der Waals surface area contributed by atoms with Crippen LogP contribution in [0.15, 0.2) is 4.99 Å². The fourth-order valence-electron chi connectivity index (χ4n) is 4.34. The maximum Gasteiger partial charge on any atom is 0.192 e. The Morgan fingerprint density at radius 2 is 2.05 bits per heavy atom. The van der Waals surface area contributed by atoms with E-state index in [0.29, 0.717) is 12.1 Å². The molecule has 1 saturated carbocycles. The summed E-state index contributed by atoms with van der Waals surface area (Å²) in [6.45, 7) is 3.97. The van der Waals surface area contributed by atoms with Gasteiger partial charge in [0.15, 0.2) is 5.96 Å². The Morgan fingerprint density at radius 1 is 1.30 bits per heavy atom. The molecule has 0 aromatic rings. The summed E-state index contributed by atoms with van der Waals surface area (Å²) in [6, 6.07) is 0.611. The first-order valence-electron chi connectivity index (χ1n) is 8.46. The van der Waals surface area contributed by atoms with E-state index >= 15 is 0 Å². The molecule has 2 fully saturated rings. The lowest BCUT2D eigenvalue weighted by atomic mass is 9.83. The molecule has 2 unspecified atom stereocenters. The van der Waals surface area contributed by atoms with Crippen LogP contribution in [0.1, 0.15) is 64.7 Å². The maximum atomic E-state index is 6.29. The Bertz CT molecular complexity index is 363. The fourth-order valence-corrected chi connectivity index (χ4v) is 4.34. The van der Waals surface area contributed by atoms with Gasteiger partial charge >= 0.3 is 0 Å². The van der Waals surface area contributed by atoms with Crippen LogP contribution < -0.4 is 5.73 Å². The lowest BCUT2D eigenvalue weighted by Gasteiger charge is -2.48. The Hall–Kier alpha value is -0.770. The van der Waals surface area contributed by atoms with E-state index in [4.69, 9.17) is 10.5 Å². The van der Waals surface area contributed by atoms with Gasteiger partial charge in [0, 0.05) is 12.6 Å². The van der Waals surface area contributed by atoms with Crippen LogP contribution in [-0.4, -0.2) is 41.7 Å². The molecular formula is C16H29N3O. The van der Waals surface area contributed by atoms with Gasteiger partial charge in [0.05, 0.1) is 18.2 Å². The number of nitrogens with two attached hydrogens (primary N) is 1.